The highest BCUT2D eigenvalue weighted by molar-refractivity contribution is 5.90. The van der Waals surface area contributed by atoms with Crippen LogP contribution in [0.5, 0.6) is 5.75 Å². The van der Waals surface area contributed by atoms with Gasteiger partial charge < -0.3 is 24.1 Å². The Morgan fingerprint density at radius 1 is 1.18 bits per heavy atom. The molecule has 4 rings (SSSR count). The third-order valence-corrected chi connectivity index (χ3v) is 5.85. The number of aliphatic carboxylic acids is 1. The summed E-state index contributed by atoms with van der Waals surface area (Å²) in [4.78, 5) is 59.0. The number of carbonyl (C=O) groups is 3. The highest BCUT2D eigenvalue weighted by Gasteiger charge is 2.48. The summed E-state index contributed by atoms with van der Waals surface area (Å²) in [6.07, 6.45) is -1.99. The van der Waals surface area contributed by atoms with Crippen LogP contribution in [0, 0.1) is 0 Å². The summed E-state index contributed by atoms with van der Waals surface area (Å²) in [7, 11) is 1.41. The Morgan fingerprint density at radius 2 is 1.95 bits per heavy atom. The number of esters is 1. The van der Waals surface area contributed by atoms with Gasteiger partial charge in [-0.1, -0.05) is 25.1 Å². The van der Waals surface area contributed by atoms with Crippen molar-refractivity contribution in [1.82, 2.24) is 19.5 Å². The molecule has 1 unspecified atom stereocenters. The zero-order chi connectivity index (χ0) is 27.2. The van der Waals surface area contributed by atoms with E-state index >= 15 is 0 Å². The summed E-state index contributed by atoms with van der Waals surface area (Å²) in [5.41, 5.74) is -0.492. The van der Waals surface area contributed by atoms with E-state index < -0.39 is 47.9 Å². The van der Waals surface area contributed by atoms with Gasteiger partial charge in [-0.05, 0) is 18.6 Å². The van der Waals surface area contributed by atoms with Gasteiger partial charge in [0, 0.05) is 7.11 Å². The van der Waals surface area contributed by atoms with Crippen LogP contribution in [0.1, 0.15) is 32.4 Å². The number of benzene rings is 1. The minimum atomic E-state index is -1.12. The molecular formula is C24H27N5O9. The van der Waals surface area contributed by atoms with E-state index in [1.54, 1.807) is 24.3 Å². The predicted octanol–water partition coefficient (Wildman–Crippen LogP) is 1.24. The van der Waals surface area contributed by atoms with Crippen LogP contribution in [0.15, 0.2) is 41.5 Å². The Balaban J connectivity index is 1.54. The van der Waals surface area contributed by atoms with Crippen molar-refractivity contribution in [2.45, 2.75) is 50.7 Å². The molecule has 2 aromatic heterocycles. The van der Waals surface area contributed by atoms with Gasteiger partial charge in [0.25, 0.3) is 11.5 Å². The lowest BCUT2D eigenvalue weighted by Gasteiger charge is -2.23. The Bertz CT molecular complexity index is 1360. The number of hydrogen-bond acceptors (Lipinski definition) is 10. The Kier molecular flexibility index (Phi) is 8.33. The van der Waals surface area contributed by atoms with Crippen LogP contribution in [0.2, 0.25) is 0 Å². The van der Waals surface area contributed by atoms with Gasteiger partial charge in [-0.15, -0.1) is 0 Å². The van der Waals surface area contributed by atoms with Crippen LogP contribution >= 0.6 is 0 Å². The molecule has 1 saturated heterocycles. The van der Waals surface area contributed by atoms with Gasteiger partial charge >= 0.3 is 11.9 Å². The average molecular weight is 530 g/mol. The summed E-state index contributed by atoms with van der Waals surface area (Å²) < 4.78 is 24.1. The number of anilines is 1. The molecule has 3 aromatic rings. The van der Waals surface area contributed by atoms with Crippen molar-refractivity contribution in [3.8, 4) is 5.75 Å². The maximum Gasteiger partial charge on any atom is 0.306 e. The molecule has 0 spiro atoms. The monoisotopic (exact) mass is 529 g/mol. The average Bonchev–Trinajstić information content (AvgIpc) is 3.47. The second-order valence-electron chi connectivity index (χ2n) is 8.41. The molecule has 0 bridgehead atoms. The van der Waals surface area contributed by atoms with E-state index in [9.17, 15) is 19.2 Å². The number of hydrogen-bond donors (Lipinski definition) is 3. The number of para-hydroxylation sites is 1. The van der Waals surface area contributed by atoms with Gasteiger partial charge in [0.1, 0.15) is 11.9 Å². The summed E-state index contributed by atoms with van der Waals surface area (Å²) in [6.45, 7) is 1.52. The van der Waals surface area contributed by atoms with Crippen molar-refractivity contribution in [3.05, 3.63) is 47.0 Å². The van der Waals surface area contributed by atoms with E-state index in [0.717, 1.165) is 0 Å². The van der Waals surface area contributed by atoms with E-state index in [4.69, 9.17) is 24.1 Å². The second kappa shape index (κ2) is 11.8. The van der Waals surface area contributed by atoms with Crippen LogP contribution in [0.4, 0.5) is 5.95 Å². The number of nitrogens with one attached hydrogen (secondary N) is 2. The maximum atomic E-state index is 12.7. The molecule has 3 heterocycles. The zero-order valence-electron chi connectivity index (χ0n) is 20.7. The number of fused-ring (bicyclic) bond motifs is 1. The number of methoxy groups -OCH3 is 1. The number of rotatable bonds is 11. The number of carboxylic acids is 1. The van der Waals surface area contributed by atoms with Crippen LogP contribution in [0.3, 0.4) is 0 Å². The fraction of sp³-hybridized carbons (Fsp3) is 0.417. The SMILES string of the molecule is CC[C@H]1O[C@@H](n2cnc3c(=O)[nH]c(NC(=O)COc4ccccc4)nc32)C(OC)[C@H]1OC(=O)CCC(=O)O. The summed E-state index contributed by atoms with van der Waals surface area (Å²) in [6, 6.07) is 8.75. The zero-order valence-corrected chi connectivity index (χ0v) is 20.7. The number of ether oxygens (including phenoxy) is 4. The molecule has 3 N–H and O–H groups in total. The lowest BCUT2D eigenvalue weighted by molar-refractivity contribution is -0.158. The molecule has 1 amide bonds. The number of carbonyl (C=O) groups excluding carboxylic acids is 2. The fourth-order valence-electron chi connectivity index (χ4n) is 4.08. The van der Waals surface area contributed by atoms with Crippen molar-refractivity contribution >= 4 is 35.0 Å². The first-order chi connectivity index (χ1) is 18.3. The molecule has 4 atom stereocenters. The van der Waals surface area contributed by atoms with Crippen molar-refractivity contribution in [2.24, 2.45) is 0 Å². The molecule has 1 fully saturated rings. The first-order valence-electron chi connectivity index (χ1n) is 11.8. The van der Waals surface area contributed by atoms with Crippen molar-refractivity contribution in [2.75, 3.05) is 19.0 Å². The van der Waals surface area contributed by atoms with Gasteiger partial charge in [-0.2, -0.15) is 4.98 Å². The minimum absolute atomic E-state index is 0.00283. The first kappa shape index (κ1) is 26.8. The lowest BCUT2D eigenvalue weighted by Crippen LogP contribution is -2.37. The number of H-pyrrole nitrogens is 1. The molecular weight excluding hydrogens is 502 g/mol. The topological polar surface area (TPSA) is 184 Å². The molecule has 1 aliphatic heterocycles. The quantitative estimate of drug-likeness (QED) is 0.304. The molecule has 14 heteroatoms. The van der Waals surface area contributed by atoms with Crippen molar-refractivity contribution in [3.63, 3.8) is 0 Å². The minimum Gasteiger partial charge on any atom is -0.484 e. The first-order valence-corrected chi connectivity index (χ1v) is 11.8. The standard InChI is InChI=1S/C24H27N5O9/c1-3-14-19(38-17(33)10-9-16(31)32)20(35-2)23(37-14)29-12-25-18-21(29)27-24(28-22(18)34)26-15(30)11-36-13-7-5-4-6-8-13/h4-8,12,14,19-20,23H,3,9-11H2,1-2H3,(H,31,32)(H2,26,27,28,30,34)/t14-,19+,20?,23-/m1/s1. The van der Waals surface area contributed by atoms with E-state index in [-0.39, 0.29) is 36.6 Å². The number of nitrogens with zero attached hydrogens (tertiary/aromatic N) is 3. The smallest absolute Gasteiger partial charge is 0.306 e. The summed E-state index contributed by atoms with van der Waals surface area (Å²) in [5, 5.41) is 11.3. The molecule has 1 aliphatic rings. The summed E-state index contributed by atoms with van der Waals surface area (Å²) >= 11 is 0. The molecule has 0 saturated carbocycles. The number of carboxylic acid groups (broad SMARTS) is 1. The number of aromatic amines is 1. The molecule has 38 heavy (non-hydrogen) atoms. The number of amides is 1. The van der Waals surface area contributed by atoms with Crippen LogP contribution in [0.25, 0.3) is 11.2 Å². The molecule has 0 radical (unpaired) electrons. The van der Waals surface area contributed by atoms with Gasteiger partial charge in [0.15, 0.2) is 30.1 Å². The Labute approximate surface area is 215 Å². The molecule has 14 nitrogen and oxygen atoms in total. The molecule has 0 aliphatic carbocycles. The molecule has 202 valence electrons. The van der Waals surface area contributed by atoms with E-state index in [1.807, 2.05) is 13.0 Å². The third-order valence-electron chi connectivity index (χ3n) is 5.85. The maximum absolute atomic E-state index is 12.7. The lowest BCUT2D eigenvalue weighted by atomic mass is 10.1. The van der Waals surface area contributed by atoms with Gasteiger partial charge in [0.05, 0.1) is 25.3 Å². The van der Waals surface area contributed by atoms with E-state index in [2.05, 4.69) is 20.3 Å². The van der Waals surface area contributed by atoms with Crippen LogP contribution < -0.4 is 15.6 Å². The fourth-order valence-corrected chi connectivity index (χ4v) is 4.08. The summed E-state index contributed by atoms with van der Waals surface area (Å²) in [5.74, 6) is -1.98. The van der Waals surface area contributed by atoms with Crippen molar-refractivity contribution < 1.29 is 38.4 Å². The van der Waals surface area contributed by atoms with Gasteiger partial charge in [0.2, 0.25) is 5.95 Å². The Hall–Kier alpha value is -4.30. The number of aromatic nitrogens is 4. The largest absolute Gasteiger partial charge is 0.484 e. The van der Waals surface area contributed by atoms with Crippen molar-refractivity contribution in [1.29, 1.82) is 0 Å². The van der Waals surface area contributed by atoms with Crippen LogP contribution in [-0.4, -0.2) is 74.5 Å². The van der Waals surface area contributed by atoms with Gasteiger partial charge in [-0.25, -0.2) is 4.98 Å². The van der Waals surface area contributed by atoms with Gasteiger partial charge in [-0.3, -0.25) is 34.0 Å². The Morgan fingerprint density at radius 3 is 2.63 bits per heavy atom. The predicted molar refractivity (Wildman–Crippen MR) is 130 cm³/mol. The second-order valence-corrected chi connectivity index (χ2v) is 8.41. The highest BCUT2D eigenvalue weighted by atomic mass is 16.6. The highest BCUT2D eigenvalue weighted by Crippen LogP contribution is 2.36. The molecule has 1 aromatic carbocycles. The van der Waals surface area contributed by atoms with Crippen LogP contribution in [-0.2, 0) is 28.6 Å². The number of imidazole rings is 1. The third kappa shape index (κ3) is 5.98. The van der Waals surface area contributed by atoms with E-state index in [0.29, 0.717) is 12.2 Å². The normalized spacial score (nSPS) is 20.8. The van der Waals surface area contributed by atoms with E-state index in [1.165, 1.54) is 18.0 Å².